The van der Waals surface area contributed by atoms with E-state index >= 15 is 0 Å². The molecule has 3 aromatic rings. The van der Waals surface area contributed by atoms with Gasteiger partial charge in [-0.05, 0) is 54.6 Å². The van der Waals surface area contributed by atoms with Gasteiger partial charge in [0.1, 0.15) is 12.4 Å². The number of carbonyl (C=O) groups is 3. The Hall–Kier alpha value is -3.95. The average Bonchev–Trinajstić information content (AvgIpc) is 2.85. The van der Waals surface area contributed by atoms with Crippen molar-refractivity contribution in [3.8, 4) is 5.75 Å². The van der Waals surface area contributed by atoms with E-state index in [1.807, 2.05) is 0 Å². The maximum atomic E-state index is 12.7. The SMILES string of the molecule is C=CCOc1ccc(Br)cc1/C=N/NC(=O)C(=O)Nc1ccccc1C(=O)Nc1ccc(Cl)cc1. The van der Waals surface area contributed by atoms with E-state index < -0.39 is 17.7 Å². The third-order valence-corrected chi connectivity index (χ3v) is 5.17. The predicted molar refractivity (Wildman–Crippen MR) is 140 cm³/mol. The Balaban J connectivity index is 1.65. The van der Waals surface area contributed by atoms with Crippen molar-refractivity contribution < 1.29 is 19.1 Å². The minimum Gasteiger partial charge on any atom is -0.489 e. The first-order valence-electron chi connectivity index (χ1n) is 10.2. The number of benzene rings is 3. The predicted octanol–water partition coefficient (Wildman–Crippen LogP) is 5.01. The first-order chi connectivity index (χ1) is 16.9. The number of ether oxygens (including phenoxy) is 1. The first-order valence-corrected chi connectivity index (χ1v) is 11.4. The zero-order valence-electron chi connectivity index (χ0n) is 18.3. The van der Waals surface area contributed by atoms with E-state index in [1.54, 1.807) is 60.7 Å². The van der Waals surface area contributed by atoms with E-state index in [4.69, 9.17) is 16.3 Å². The summed E-state index contributed by atoms with van der Waals surface area (Å²) in [5.41, 5.74) is 3.60. The van der Waals surface area contributed by atoms with Crippen molar-refractivity contribution in [3.05, 3.63) is 100 Å². The highest BCUT2D eigenvalue weighted by molar-refractivity contribution is 9.10. The van der Waals surface area contributed by atoms with Gasteiger partial charge in [0.25, 0.3) is 5.91 Å². The Bertz CT molecular complexity index is 1280. The van der Waals surface area contributed by atoms with Crippen LogP contribution in [0.4, 0.5) is 11.4 Å². The van der Waals surface area contributed by atoms with E-state index in [1.165, 1.54) is 18.3 Å². The Morgan fingerprint density at radius 1 is 1.00 bits per heavy atom. The van der Waals surface area contributed by atoms with Gasteiger partial charge >= 0.3 is 11.8 Å². The lowest BCUT2D eigenvalue weighted by atomic mass is 10.1. The van der Waals surface area contributed by atoms with E-state index in [2.05, 4.69) is 43.7 Å². The number of anilines is 2. The largest absolute Gasteiger partial charge is 0.489 e. The summed E-state index contributed by atoms with van der Waals surface area (Å²) in [6.45, 7) is 3.90. The fourth-order valence-electron chi connectivity index (χ4n) is 2.81. The van der Waals surface area contributed by atoms with Crippen molar-refractivity contribution in [2.75, 3.05) is 17.2 Å². The Kier molecular flexibility index (Phi) is 9.16. The highest BCUT2D eigenvalue weighted by Crippen LogP contribution is 2.22. The molecule has 3 N–H and O–H groups in total. The van der Waals surface area contributed by atoms with Crippen LogP contribution in [0, 0.1) is 0 Å². The number of carbonyl (C=O) groups excluding carboxylic acids is 3. The molecule has 0 aliphatic rings. The van der Waals surface area contributed by atoms with Gasteiger partial charge in [-0.2, -0.15) is 5.10 Å². The zero-order chi connectivity index (χ0) is 25.2. The number of amides is 3. The van der Waals surface area contributed by atoms with Crippen LogP contribution in [0.3, 0.4) is 0 Å². The molecule has 0 radical (unpaired) electrons. The van der Waals surface area contributed by atoms with Crippen LogP contribution in [0.25, 0.3) is 0 Å². The smallest absolute Gasteiger partial charge is 0.329 e. The molecule has 8 nitrogen and oxygen atoms in total. The lowest BCUT2D eigenvalue weighted by molar-refractivity contribution is -0.136. The monoisotopic (exact) mass is 554 g/mol. The van der Waals surface area contributed by atoms with Gasteiger partial charge in [0, 0.05) is 20.7 Å². The second kappa shape index (κ2) is 12.5. The molecule has 35 heavy (non-hydrogen) atoms. The zero-order valence-corrected chi connectivity index (χ0v) is 20.6. The molecule has 0 unspecified atom stereocenters. The van der Waals surface area contributed by atoms with Crippen LogP contribution in [0.15, 0.2) is 89.0 Å². The van der Waals surface area contributed by atoms with Crippen LogP contribution in [0.1, 0.15) is 15.9 Å². The van der Waals surface area contributed by atoms with Gasteiger partial charge in [0.05, 0.1) is 17.5 Å². The van der Waals surface area contributed by atoms with Gasteiger partial charge in [-0.1, -0.05) is 52.3 Å². The van der Waals surface area contributed by atoms with Crippen LogP contribution in [-0.2, 0) is 9.59 Å². The summed E-state index contributed by atoms with van der Waals surface area (Å²) in [5, 5.41) is 9.51. The highest BCUT2D eigenvalue weighted by Gasteiger charge is 2.18. The minimum absolute atomic E-state index is 0.162. The number of rotatable bonds is 8. The molecule has 0 fully saturated rings. The Labute approximate surface area is 215 Å². The first kappa shape index (κ1) is 25.7. The van der Waals surface area contributed by atoms with Gasteiger partial charge in [0.2, 0.25) is 0 Å². The molecule has 0 saturated heterocycles. The van der Waals surface area contributed by atoms with Gasteiger partial charge in [-0.15, -0.1) is 0 Å². The van der Waals surface area contributed by atoms with E-state index in [-0.39, 0.29) is 11.3 Å². The molecule has 0 aliphatic heterocycles. The Morgan fingerprint density at radius 2 is 1.74 bits per heavy atom. The van der Waals surface area contributed by atoms with E-state index in [0.29, 0.717) is 28.6 Å². The van der Waals surface area contributed by atoms with Crippen LogP contribution in [0.2, 0.25) is 5.02 Å². The maximum absolute atomic E-state index is 12.7. The Morgan fingerprint density at radius 3 is 2.49 bits per heavy atom. The van der Waals surface area contributed by atoms with Gasteiger partial charge in [-0.3, -0.25) is 14.4 Å². The molecule has 0 bridgehead atoms. The third kappa shape index (κ3) is 7.53. The number of hydrazone groups is 1. The van der Waals surface area contributed by atoms with Gasteiger partial charge < -0.3 is 15.4 Å². The van der Waals surface area contributed by atoms with Crippen LogP contribution < -0.4 is 20.8 Å². The minimum atomic E-state index is -1.02. The number of nitrogens with zero attached hydrogens (tertiary/aromatic N) is 1. The summed E-state index contributed by atoms with van der Waals surface area (Å²) >= 11 is 9.22. The van der Waals surface area contributed by atoms with Crippen molar-refractivity contribution in [2.24, 2.45) is 5.10 Å². The fraction of sp³-hybridized carbons (Fsp3) is 0.0400. The molecule has 0 atom stereocenters. The molecule has 3 rings (SSSR count). The lowest BCUT2D eigenvalue weighted by Crippen LogP contribution is -2.33. The van der Waals surface area contributed by atoms with Crippen molar-refractivity contribution in [2.45, 2.75) is 0 Å². The summed E-state index contributed by atoms with van der Waals surface area (Å²) < 4.78 is 6.32. The van der Waals surface area contributed by atoms with E-state index in [9.17, 15) is 14.4 Å². The molecule has 10 heteroatoms. The average molecular weight is 556 g/mol. The summed E-state index contributed by atoms with van der Waals surface area (Å²) in [5.74, 6) is -1.96. The molecule has 0 spiro atoms. The lowest BCUT2D eigenvalue weighted by Gasteiger charge is -2.11. The van der Waals surface area contributed by atoms with Crippen molar-refractivity contribution in [1.29, 1.82) is 0 Å². The molecular formula is C25H20BrClN4O4. The fourth-order valence-corrected chi connectivity index (χ4v) is 3.32. The molecule has 3 aromatic carbocycles. The molecule has 3 amide bonds. The summed E-state index contributed by atoms with van der Waals surface area (Å²) in [6, 6.07) is 18.1. The van der Waals surface area contributed by atoms with Crippen molar-refractivity contribution in [1.82, 2.24) is 5.43 Å². The van der Waals surface area contributed by atoms with Crippen LogP contribution >= 0.6 is 27.5 Å². The third-order valence-electron chi connectivity index (χ3n) is 4.43. The van der Waals surface area contributed by atoms with Crippen molar-refractivity contribution >= 4 is 62.8 Å². The van der Waals surface area contributed by atoms with Crippen LogP contribution in [-0.4, -0.2) is 30.5 Å². The van der Waals surface area contributed by atoms with E-state index in [0.717, 1.165) is 4.47 Å². The molecule has 178 valence electrons. The van der Waals surface area contributed by atoms with Crippen molar-refractivity contribution in [3.63, 3.8) is 0 Å². The number of nitrogens with one attached hydrogen (secondary N) is 3. The molecule has 0 heterocycles. The molecular weight excluding hydrogens is 536 g/mol. The van der Waals surface area contributed by atoms with Crippen LogP contribution in [0.5, 0.6) is 5.75 Å². The number of para-hydroxylation sites is 1. The quantitative estimate of drug-likeness (QED) is 0.157. The van der Waals surface area contributed by atoms with Gasteiger partial charge in [-0.25, -0.2) is 5.43 Å². The molecule has 0 aromatic heterocycles. The maximum Gasteiger partial charge on any atom is 0.329 e. The normalized spacial score (nSPS) is 10.5. The summed E-state index contributed by atoms with van der Waals surface area (Å²) in [6.07, 6.45) is 2.95. The number of hydrogen-bond donors (Lipinski definition) is 3. The number of hydrogen-bond acceptors (Lipinski definition) is 5. The molecule has 0 saturated carbocycles. The van der Waals surface area contributed by atoms with Gasteiger partial charge in [0.15, 0.2) is 0 Å². The highest BCUT2D eigenvalue weighted by atomic mass is 79.9. The number of halogens is 2. The standard InChI is InChI=1S/C25H20BrClN4O4/c1-2-13-35-22-12-7-17(26)14-16(22)15-28-31-25(34)24(33)30-21-6-4-3-5-20(21)23(32)29-19-10-8-18(27)9-11-19/h2-12,14-15H,1,13H2,(H,29,32)(H,30,33)(H,31,34)/b28-15+. The second-order valence-electron chi connectivity index (χ2n) is 6.94. The summed E-state index contributed by atoms with van der Waals surface area (Å²) in [4.78, 5) is 37.4. The topological polar surface area (TPSA) is 109 Å². The molecule has 0 aliphatic carbocycles. The summed E-state index contributed by atoms with van der Waals surface area (Å²) in [7, 11) is 0. The second-order valence-corrected chi connectivity index (χ2v) is 8.29.